The molecule has 2 amide bonds. The Hall–Kier alpha value is -3.13. The zero-order valence-corrected chi connectivity index (χ0v) is 14.3. The summed E-state index contributed by atoms with van der Waals surface area (Å²) in [5.74, 6) is -2.08. The van der Waals surface area contributed by atoms with Crippen LogP contribution >= 0.6 is 11.8 Å². The van der Waals surface area contributed by atoms with Crippen LogP contribution in [0.4, 0.5) is 5.69 Å². The van der Waals surface area contributed by atoms with Gasteiger partial charge in [-0.05, 0) is 24.3 Å². The van der Waals surface area contributed by atoms with Gasteiger partial charge < -0.3 is 5.11 Å². The number of benzene rings is 2. The summed E-state index contributed by atoms with van der Waals surface area (Å²) in [5.41, 5.74) is 3.49. The first-order chi connectivity index (χ1) is 12.5. The summed E-state index contributed by atoms with van der Waals surface area (Å²) in [6.45, 7) is 0. The number of carboxylic acids is 1. The van der Waals surface area contributed by atoms with Gasteiger partial charge in [-0.15, -0.1) is 0 Å². The minimum absolute atomic E-state index is 0.233. The van der Waals surface area contributed by atoms with Gasteiger partial charge in [0.15, 0.2) is 5.17 Å². The second-order valence-corrected chi connectivity index (χ2v) is 6.58. The minimum atomic E-state index is -1.09. The topological polar surface area (TPSA) is 99.1 Å². The van der Waals surface area contributed by atoms with Crippen molar-refractivity contribution in [2.75, 3.05) is 0 Å². The molecule has 1 saturated heterocycles. The third-order valence-corrected chi connectivity index (χ3v) is 4.66. The molecule has 3 rings (SSSR count). The number of amides is 2. The van der Waals surface area contributed by atoms with Crippen molar-refractivity contribution < 1.29 is 19.5 Å². The number of carbonyl (C=O) groups excluding carboxylic acids is 2. The molecule has 132 valence electrons. The molecule has 7 nitrogen and oxygen atoms in total. The Labute approximate surface area is 153 Å². The number of nitrogens with one attached hydrogen (secondary N) is 1. The van der Waals surface area contributed by atoms with Gasteiger partial charge >= 0.3 is 5.97 Å². The SMILES string of the molecule is O=C(O)C[C@H]1SC(=Nc2ccccc2)N(NC(=O)c2ccccc2)C1=O. The molecule has 0 radical (unpaired) electrons. The van der Waals surface area contributed by atoms with Crippen LogP contribution in [-0.2, 0) is 9.59 Å². The predicted molar refractivity (Wildman–Crippen MR) is 97.9 cm³/mol. The third-order valence-electron chi connectivity index (χ3n) is 3.53. The summed E-state index contributed by atoms with van der Waals surface area (Å²) in [7, 11) is 0. The Morgan fingerprint density at radius 2 is 1.69 bits per heavy atom. The first-order valence-electron chi connectivity index (χ1n) is 7.77. The number of aliphatic imine (C=N–C) groups is 1. The van der Waals surface area contributed by atoms with E-state index in [-0.39, 0.29) is 11.6 Å². The van der Waals surface area contributed by atoms with Crippen LogP contribution in [0.1, 0.15) is 16.8 Å². The summed E-state index contributed by atoms with van der Waals surface area (Å²) in [5, 5.41) is 9.42. The van der Waals surface area contributed by atoms with E-state index in [0.717, 1.165) is 16.8 Å². The number of amidine groups is 1. The average molecular weight is 369 g/mol. The highest BCUT2D eigenvalue weighted by molar-refractivity contribution is 8.15. The van der Waals surface area contributed by atoms with E-state index in [0.29, 0.717) is 11.3 Å². The van der Waals surface area contributed by atoms with Gasteiger partial charge in [-0.1, -0.05) is 48.2 Å². The summed E-state index contributed by atoms with van der Waals surface area (Å²) in [6, 6.07) is 17.4. The van der Waals surface area contributed by atoms with Gasteiger partial charge in [0.2, 0.25) is 0 Å². The lowest BCUT2D eigenvalue weighted by atomic mass is 10.2. The van der Waals surface area contributed by atoms with E-state index in [1.807, 2.05) is 6.07 Å². The molecular formula is C18H15N3O4S. The molecule has 2 aromatic rings. The number of hydrazine groups is 1. The maximum absolute atomic E-state index is 12.6. The van der Waals surface area contributed by atoms with Gasteiger partial charge in [0.25, 0.3) is 11.8 Å². The Morgan fingerprint density at radius 3 is 2.31 bits per heavy atom. The molecule has 0 aliphatic carbocycles. The lowest BCUT2D eigenvalue weighted by Crippen LogP contribution is -2.46. The van der Waals surface area contributed by atoms with Crippen LogP contribution in [0.5, 0.6) is 0 Å². The summed E-state index contributed by atoms with van der Waals surface area (Å²) < 4.78 is 0. The van der Waals surface area contributed by atoms with E-state index >= 15 is 0 Å². The molecule has 2 N–H and O–H groups in total. The maximum atomic E-state index is 12.6. The van der Waals surface area contributed by atoms with Gasteiger partial charge in [0, 0.05) is 5.56 Å². The smallest absolute Gasteiger partial charge is 0.305 e. The molecule has 2 aromatic carbocycles. The van der Waals surface area contributed by atoms with E-state index in [4.69, 9.17) is 5.11 Å². The number of thioether (sulfide) groups is 1. The molecular weight excluding hydrogens is 354 g/mol. The Kier molecular flexibility index (Phi) is 5.33. The fourth-order valence-corrected chi connectivity index (χ4v) is 3.39. The number of rotatable bonds is 5. The molecule has 1 fully saturated rings. The molecule has 1 atom stereocenters. The maximum Gasteiger partial charge on any atom is 0.305 e. The number of hydrogen-bond donors (Lipinski definition) is 2. The number of carboxylic acid groups (broad SMARTS) is 1. The number of nitrogens with zero attached hydrogens (tertiary/aromatic N) is 2. The molecule has 0 bridgehead atoms. The van der Waals surface area contributed by atoms with E-state index in [1.54, 1.807) is 54.6 Å². The van der Waals surface area contributed by atoms with Gasteiger partial charge in [-0.3, -0.25) is 19.8 Å². The van der Waals surface area contributed by atoms with Gasteiger partial charge in [-0.2, -0.15) is 5.01 Å². The molecule has 1 heterocycles. The second kappa shape index (κ2) is 7.83. The molecule has 0 saturated carbocycles. The Bertz CT molecular complexity index is 855. The predicted octanol–water partition coefficient (Wildman–Crippen LogP) is 2.44. The zero-order chi connectivity index (χ0) is 18.5. The van der Waals surface area contributed by atoms with Crippen LogP contribution in [0.15, 0.2) is 65.7 Å². The fraction of sp³-hybridized carbons (Fsp3) is 0.111. The van der Waals surface area contributed by atoms with Crippen molar-refractivity contribution in [2.24, 2.45) is 4.99 Å². The molecule has 0 spiro atoms. The second-order valence-electron chi connectivity index (χ2n) is 5.41. The minimum Gasteiger partial charge on any atom is -0.481 e. The zero-order valence-electron chi connectivity index (χ0n) is 13.5. The van der Waals surface area contributed by atoms with Crippen LogP contribution in [0.2, 0.25) is 0 Å². The molecule has 1 aliphatic heterocycles. The molecule has 0 unspecified atom stereocenters. The van der Waals surface area contributed by atoms with Crippen molar-refractivity contribution in [2.45, 2.75) is 11.7 Å². The highest BCUT2D eigenvalue weighted by Crippen LogP contribution is 2.30. The van der Waals surface area contributed by atoms with E-state index in [1.165, 1.54) is 0 Å². The summed E-state index contributed by atoms with van der Waals surface area (Å²) in [4.78, 5) is 40.3. The van der Waals surface area contributed by atoms with Crippen LogP contribution in [0.3, 0.4) is 0 Å². The largest absolute Gasteiger partial charge is 0.481 e. The van der Waals surface area contributed by atoms with Gasteiger partial charge in [-0.25, -0.2) is 4.99 Å². The van der Waals surface area contributed by atoms with Gasteiger partial charge in [0.05, 0.1) is 12.1 Å². The standard InChI is InChI=1S/C18H15N3O4S/c22-15(23)11-14-17(25)21(20-16(24)12-7-3-1-4-8-12)18(26-14)19-13-9-5-2-6-10-13/h1-10,14H,11H2,(H,20,24)(H,22,23)/t14-/m1/s1. The highest BCUT2D eigenvalue weighted by Gasteiger charge is 2.40. The number of aliphatic carboxylic acids is 1. The Balaban J connectivity index is 1.87. The number of hydrogen-bond acceptors (Lipinski definition) is 5. The highest BCUT2D eigenvalue weighted by atomic mass is 32.2. The third kappa shape index (κ3) is 4.09. The fourth-order valence-electron chi connectivity index (χ4n) is 2.30. The van der Waals surface area contributed by atoms with Crippen LogP contribution in [0, 0.1) is 0 Å². The van der Waals surface area contributed by atoms with Crippen molar-refractivity contribution in [3.63, 3.8) is 0 Å². The first-order valence-corrected chi connectivity index (χ1v) is 8.65. The molecule has 1 aliphatic rings. The van der Waals surface area contributed by atoms with Crippen LogP contribution < -0.4 is 5.43 Å². The monoisotopic (exact) mass is 369 g/mol. The summed E-state index contributed by atoms with van der Waals surface area (Å²) >= 11 is 1.02. The van der Waals surface area contributed by atoms with Crippen molar-refractivity contribution in [3.8, 4) is 0 Å². The molecule has 0 aromatic heterocycles. The quantitative estimate of drug-likeness (QED) is 0.843. The van der Waals surface area contributed by atoms with Crippen LogP contribution in [-0.4, -0.2) is 38.3 Å². The lowest BCUT2D eigenvalue weighted by molar-refractivity contribution is -0.139. The number of carbonyl (C=O) groups is 3. The first kappa shape index (κ1) is 17.7. The lowest BCUT2D eigenvalue weighted by Gasteiger charge is -2.17. The van der Waals surface area contributed by atoms with Crippen molar-refractivity contribution in [1.29, 1.82) is 0 Å². The van der Waals surface area contributed by atoms with E-state index < -0.39 is 23.0 Å². The average Bonchev–Trinajstić information content (AvgIpc) is 2.91. The van der Waals surface area contributed by atoms with Crippen molar-refractivity contribution >= 4 is 40.4 Å². The number of para-hydroxylation sites is 1. The molecule has 26 heavy (non-hydrogen) atoms. The summed E-state index contributed by atoms with van der Waals surface area (Å²) in [6.07, 6.45) is -0.352. The van der Waals surface area contributed by atoms with Crippen molar-refractivity contribution in [3.05, 3.63) is 66.2 Å². The molecule has 8 heteroatoms. The van der Waals surface area contributed by atoms with E-state index in [2.05, 4.69) is 10.4 Å². The van der Waals surface area contributed by atoms with Crippen molar-refractivity contribution in [1.82, 2.24) is 10.4 Å². The van der Waals surface area contributed by atoms with Gasteiger partial charge in [0.1, 0.15) is 5.25 Å². The van der Waals surface area contributed by atoms with E-state index in [9.17, 15) is 14.4 Å². The Morgan fingerprint density at radius 1 is 1.08 bits per heavy atom. The normalized spacial score (nSPS) is 18.2. The van der Waals surface area contributed by atoms with Crippen LogP contribution in [0.25, 0.3) is 0 Å².